The Balaban J connectivity index is 2.14. The van der Waals surface area contributed by atoms with E-state index in [-0.39, 0.29) is 5.91 Å². The number of hydrogen-bond donors (Lipinski definition) is 1. The number of carbonyl (C=O) groups excluding carboxylic acids is 1. The fourth-order valence-electron chi connectivity index (χ4n) is 1.60. The molecule has 1 aromatic heterocycles. The summed E-state index contributed by atoms with van der Waals surface area (Å²) in [6.07, 6.45) is 3.03. The van der Waals surface area contributed by atoms with Gasteiger partial charge in [-0.3, -0.25) is 14.0 Å². The van der Waals surface area contributed by atoms with Gasteiger partial charge < -0.3 is 10.6 Å². The van der Waals surface area contributed by atoms with Gasteiger partial charge in [-0.2, -0.15) is 0 Å². The van der Waals surface area contributed by atoms with E-state index in [4.69, 9.17) is 5.73 Å². The molecule has 1 aromatic rings. The highest BCUT2D eigenvalue weighted by Crippen LogP contribution is 2.13. The van der Waals surface area contributed by atoms with E-state index in [1.807, 2.05) is 0 Å². The van der Waals surface area contributed by atoms with E-state index >= 15 is 0 Å². The zero-order valence-corrected chi connectivity index (χ0v) is 9.57. The van der Waals surface area contributed by atoms with Crippen molar-refractivity contribution in [2.24, 2.45) is 0 Å². The van der Waals surface area contributed by atoms with Gasteiger partial charge >= 0.3 is 0 Å². The number of hydrogen-bond acceptors (Lipinski definition) is 4. The van der Waals surface area contributed by atoms with E-state index in [9.17, 15) is 9.00 Å². The third-order valence-electron chi connectivity index (χ3n) is 2.55. The van der Waals surface area contributed by atoms with Gasteiger partial charge in [0.05, 0.1) is 5.56 Å². The van der Waals surface area contributed by atoms with Crippen LogP contribution in [-0.2, 0) is 10.8 Å². The minimum absolute atomic E-state index is 0.123. The first-order valence-corrected chi connectivity index (χ1v) is 6.51. The Morgan fingerprint density at radius 3 is 2.75 bits per heavy atom. The van der Waals surface area contributed by atoms with Gasteiger partial charge in [0.25, 0.3) is 5.91 Å². The maximum absolute atomic E-state index is 12.0. The molecule has 0 aliphatic carbocycles. The number of carbonyl (C=O) groups is 1. The summed E-state index contributed by atoms with van der Waals surface area (Å²) in [5, 5.41) is 0. The standard InChI is InChI=1S/C10H13N3O2S/c11-9-1-2-12-7-8(9)10(14)13-3-5-16(15)6-4-13/h1-2,7H,3-6H2,(H2,11,12). The molecule has 1 aliphatic rings. The van der Waals surface area contributed by atoms with Crippen molar-refractivity contribution in [3.05, 3.63) is 24.0 Å². The van der Waals surface area contributed by atoms with Crippen molar-refractivity contribution in [3.63, 3.8) is 0 Å². The molecular weight excluding hydrogens is 226 g/mol. The maximum Gasteiger partial charge on any atom is 0.257 e. The zero-order chi connectivity index (χ0) is 11.5. The molecule has 1 aliphatic heterocycles. The third-order valence-corrected chi connectivity index (χ3v) is 3.83. The fourth-order valence-corrected chi connectivity index (χ4v) is 2.65. The van der Waals surface area contributed by atoms with Crippen molar-refractivity contribution in [1.82, 2.24) is 9.88 Å². The lowest BCUT2D eigenvalue weighted by Crippen LogP contribution is -2.42. The number of pyridine rings is 1. The normalized spacial score (nSPS) is 17.4. The highest BCUT2D eigenvalue weighted by Gasteiger charge is 2.22. The summed E-state index contributed by atoms with van der Waals surface area (Å²) in [4.78, 5) is 17.6. The summed E-state index contributed by atoms with van der Waals surface area (Å²) in [5.41, 5.74) is 6.57. The topological polar surface area (TPSA) is 76.3 Å². The van der Waals surface area contributed by atoms with Gasteiger partial charge in [-0.25, -0.2) is 0 Å². The van der Waals surface area contributed by atoms with E-state index in [1.165, 1.54) is 6.20 Å². The molecule has 0 atom stereocenters. The molecular formula is C10H13N3O2S. The van der Waals surface area contributed by atoms with Crippen molar-refractivity contribution in [2.75, 3.05) is 30.3 Å². The van der Waals surface area contributed by atoms with Crippen LogP contribution in [0.25, 0.3) is 0 Å². The molecule has 2 rings (SSSR count). The van der Waals surface area contributed by atoms with Crippen molar-refractivity contribution >= 4 is 22.4 Å². The number of aromatic nitrogens is 1. The lowest BCUT2D eigenvalue weighted by atomic mass is 10.2. The number of nitrogens with two attached hydrogens (primary N) is 1. The van der Waals surface area contributed by atoms with Gasteiger partial charge in [0, 0.05) is 53.5 Å². The van der Waals surface area contributed by atoms with E-state index in [0.717, 1.165) is 0 Å². The molecule has 16 heavy (non-hydrogen) atoms. The third kappa shape index (κ3) is 2.21. The molecule has 0 unspecified atom stereocenters. The summed E-state index contributed by atoms with van der Waals surface area (Å²) in [7, 11) is -0.780. The molecule has 0 saturated carbocycles. The van der Waals surface area contributed by atoms with Crippen LogP contribution >= 0.6 is 0 Å². The monoisotopic (exact) mass is 239 g/mol. The van der Waals surface area contributed by atoms with Crippen LogP contribution in [0.4, 0.5) is 5.69 Å². The first kappa shape index (κ1) is 11.1. The molecule has 1 saturated heterocycles. The summed E-state index contributed by atoms with van der Waals surface area (Å²) in [6.45, 7) is 1.06. The van der Waals surface area contributed by atoms with E-state index in [0.29, 0.717) is 35.8 Å². The maximum atomic E-state index is 12.0. The predicted octanol–water partition coefficient (Wildman–Crippen LogP) is -0.132. The Kier molecular flexibility index (Phi) is 3.19. The number of nitrogen functional groups attached to an aromatic ring is 1. The summed E-state index contributed by atoms with van der Waals surface area (Å²) < 4.78 is 11.2. The quantitative estimate of drug-likeness (QED) is 0.740. The van der Waals surface area contributed by atoms with Crippen molar-refractivity contribution in [2.45, 2.75) is 0 Å². The van der Waals surface area contributed by atoms with Crippen LogP contribution in [0.2, 0.25) is 0 Å². The average molecular weight is 239 g/mol. The highest BCUT2D eigenvalue weighted by atomic mass is 32.2. The molecule has 86 valence electrons. The molecule has 0 radical (unpaired) electrons. The number of nitrogens with zero attached hydrogens (tertiary/aromatic N) is 2. The molecule has 5 nitrogen and oxygen atoms in total. The van der Waals surface area contributed by atoms with E-state index < -0.39 is 10.8 Å². The van der Waals surface area contributed by atoms with Crippen LogP contribution in [-0.4, -0.2) is 44.6 Å². The van der Waals surface area contributed by atoms with Crippen LogP contribution in [0.5, 0.6) is 0 Å². The fraction of sp³-hybridized carbons (Fsp3) is 0.400. The molecule has 2 heterocycles. The Labute approximate surface area is 96.1 Å². The van der Waals surface area contributed by atoms with Gasteiger partial charge in [0.1, 0.15) is 0 Å². The molecule has 0 aromatic carbocycles. The predicted molar refractivity (Wildman–Crippen MR) is 62.4 cm³/mol. The van der Waals surface area contributed by atoms with Gasteiger partial charge in [0.15, 0.2) is 0 Å². The number of anilines is 1. The number of amides is 1. The molecule has 6 heteroatoms. The zero-order valence-electron chi connectivity index (χ0n) is 8.76. The van der Waals surface area contributed by atoms with E-state index in [1.54, 1.807) is 17.2 Å². The molecule has 0 bridgehead atoms. The van der Waals surface area contributed by atoms with Crippen LogP contribution in [0.3, 0.4) is 0 Å². The van der Waals surface area contributed by atoms with Crippen molar-refractivity contribution < 1.29 is 9.00 Å². The Morgan fingerprint density at radius 2 is 2.12 bits per heavy atom. The average Bonchev–Trinajstić information content (AvgIpc) is 2.30. The van der Waals surface area contributed by atoms with Gasteiger partial charge in [0.2, 0.25) is 0 Å². The van der Waals surface area contributed by atoms with Crippen molar-refractivity contribution in [1.29, 1.82) is 0 Å². The van der Waals surface area contributed by atoms with Crippen LogP contribution in [0.15, 0.2) is 18.5 Å². The van der Waals surface area contributed by atoms with Crippen LogP contribution < -0.4 is 5.73 Å². The van der Waals surface area contributed by atoms with Crippen molar-refractivity contribution in [3.8, 4) is 0 Å². The van der Waals surface area contributed by atoms with Gasteiger partial charge in [-0.1, -0.05) is 0 Å². The molecule has 1 amide bonds. The second-order valence-corrected chi connectivity index (χ2v) is 5.30. The van der Waals surface area contributed by atoms with E-state index in [2.05, 4.69) is 4.98 Å². The molecule has 0 spiro atoms. The summed E-state index contributed by atoms with van der Waals surface area (Å²) in [6, 6.07) is 1.61. The second-order valence-electron chi connectivity index (χ2n) is 3.60. The van der Waals surface area contributed by atoms with Crippen LogP contribution in [0, 0.1) is 0 Å². The molecule has 1 fully saturated rings. The minimum atomic E-state index is -0.780. The van der Waals surface area contributed by atoms with Gasteiger partial charge in [-0.15, -0.1) is 0 Å². The number of rotatable bonds is 1. The summed E-state index contributed by atoms with van der Waals surface area (Å²) >= 11 is 0. The summed E-state index contributed by atoms with van der Waals surface area (Å²) in [5.74, 6) is 0.972. The SMILES string of the molecule is Nc1ccncc1C(=O)N1CCS(=O)CC1. The second kappa shape index (κ2) is 4.61. The minimum Gasteiger partial charge on any atom is -0.398 e. The van der Waals surface area contributed by atoms with Gasteiger partial charge in [-0.05, 0) is 6.07 Å². The lowest BCUT2D eigenvalue weighted by molar-refractivity contribution is 0.0772. The Hall–Kier alpha value is -1.43. The Bertz CT molecular complexity index is 426. The lowest BCUT2D eigenvalue weighted by Gasteiger charge is -2.26. The first-order chi connectivity index (χ1) is 7.68. The smallest absolute Gasteiger partial charge is 0.257 e. The largest absolute Gasteiger partial charge is 0.398 e. The highest BCUT2D eigenvalue weighted by molar-refractivity contribution is 7.85. The molecule has 2 N–H and O–H groups in total. The van der Waals surface area contributed by atoms with Crippen LogP contribution in [0.1, 0.15) is 10.4 Å². The first-order valence-electron chi connectivity index (χ1n) is 5.02. The Morgan fingerprint density at radius 1 is 1.44 bits per heavy atom.